The van der Waals surface area contributed by atoms with Gasteiger partial charge in [0.2, 0.25) is 5.57 Å². The molecular weight excluding hydrogens is 529 g/mol. The number of halogens is 3. The topological polar surface area (TPSA) is 222 Å². The maximum atomic E-state index is 14.8. The molecule has 2 heterocycles. The van der Waals surface area contributed by atoms with Crippen molar-refractivity contribution in [1.82, 2.24) is 4.90 Å². The van der Waals surface area contributed by atoms with Crippen molar-refractivity contribution < 1.29 is 60.5 Å². The van der Waals surface area contributed by atoms with Crippen molar-refractivity contribution in [3.63, 3.8) is 0 Å². The number of nitrogens with zero attached hydrogens (tertiary/aromatic N) is 2. The van der Waals surface area contributed by atoms with Gasteiger partial charge < -0.3 is 40.1 Å². The van der Waals surface area contributed by atoms with E-state index in [-0.39, 0.29) is 17.7 Å². The van der Waals surface area contributed by atoms with E-state index in [4.69, 9.17) is 36.8 Å². The highest BCUT2D eigenvalue weighted by Crippen LogP contribution is 2.69. The number of aliphatic hydroxyl groups excluding tert-OH is 1. The van der Waals surface area contributed by atoms with Gasteiger partial charge in [0.05, 0.1) is 5.88 Å². The molecule has 0 aromatic heterocycles. The zero-order valence-electron chi connectivity index (χ0n) is 15.5. The first-order valence-corrected chi connectivity index (χ1v) is 13.1. The second kappa shape index (κ2) is 9.34. The molecule has 32 heavy (non-hydrogen) atoms. The Hall–Kier alpha value is -0.990. The third-order valence-electron chi connectivity index (χ3n) is 3.92. The van der Waals surface area contributed by atoms with Gasteiger partial charge >= 0.3 is 23.2 Å². The van der Waals surface area contributed by atoms with Gasteiger partial charge in [-0.3, -0.25) is 4.57 Å². The van der Waals surface area contributed by atoms with E-state index in [1.54, 1.807) is 0 Å². The molecule has 0 aromatic carbocycles. The van der Waals surface area contributed by atoms with Crippen LogP contribution in [0, 0.1) is 0 Å². The van der Waals surface area contributed by atoms with Crippen LogP contribution < -0.4 is 5.73 Å². The number of rotatable bonds is 8. The molecule has 0 radical (unpaired) electrons. The zero-order chi connectivity index (χ0) is 24.7. The van der Waals surface area contributed by atoms with Gasteiger partial charge in [-0.25, -0.2) is 22.8 Å². The van der Waals surface area contributed by atoms with Gasteiger partial charge in [-0.1, -0.05) is 6.58 Å². The lowest BCUT2D eigenvalue weighted by atomic mass is 9.98. The Morgan fingerprint density at radius 3 is 2.47 bits per heavy atom. The second-order valence-corrected chi connectivity index (χ2v) is 11.2. The van der Waals surface area contributed by atoms with Gasteiger partial charge in [0.25, 0.3) is 0 Å². The highest BCUT2D eigenvalue weighted by atomic mass is 35.5. The van der Waals surface area contributed by atoms with Gasteiger partial charge in [0.15, 0.2) is 12.4 Å². The third kappa shape index (κ3) is 6.11. The summed E-state index contributed by atoms with van der Waals surface area (Å²) in [4.78, 5) is 40.5. The van der Waals surface area contributed by atoms with Gasteiger partial charge in [-0.05, 0) is 12.2 Å². The minimum Gasteiger partial charge on any atom is -0.386 e. The fourth-order valence-corrected chi connectivity index (χ4v) is 6.17. The first kappa shape index (κ1) is 27.3. The van der Waals surface area contributed by atoms with Crippen LogP contribution in [0.1, 0.15) is 0 Å². The molecule has 0 saturated carbocycles. The molecule has 1 saturated heterocycles. The lowest BCUT2D eigenvalue weighted by Crippen LogP contribution is -2.42. The molecule has 182 valence electrons. The molecule has 0 aromatic rings. The molecule has 2 aliphatic heterocycles. The number of phosphoric acid groups is 2. The van der Waals surface area contributed by atoms with Crippen LogP contribution in [-0.4, -0.2) is 65.4 Å². The van der Waals surface area contributed by atoms with Crippen LogP contribution in [0.4, 0.5) is 8.78 Å². The average molecular weight is 546 g/mol. The smallest absolute Gasteiger partial charge is 0.386 e. The molecule has 0 bridgehead atoms. The van der Waals surface area contributed by atoms with Crippen LogP contribution >= 0.6 is 34.8 Å². The SMILES string of the molecule is C=C1N=C(N)C=CN1[C@@H]1O[C@@](/C=C(/F)P(=O)(O)OP(=O)(O)OP(=O)(O)O)(CCl)[C@@H](O)[C@H]1F. The van der Waals surface area contributed by atoms with Gasteiger partial charge in [0.1, 0.15) is 23.4 Å². The predicted octanol–water partition coefficient (Wildman–Crippen LogP) is 0.900. The van der Waals surface area contributed by atoms with E-state index in [1.165, 1.54) is 12.3 Å². The fourth-order valence-electron chi connectivity index (χ4n) is 2.59. The number of amidine groups is 1. The fraction of sp³-hybridized carbons (Fsp3) is 0.417. The maximum absolute atomic E-state index is 14.8. The van der Waals surface area contributed by atoms with Crippen molar-refractivity contribution in [3.8, 4) is 0 Å². The normalized spacial score (nSPS) is 33.1. The van der Waals surface area contributed by atoms with E-state index in [2.05, 4.69) is 20.2 Å². The van der Waals surface area contributed by atoms with Crippen molar-refractivity contribution >= 4 is 40.7 Å². The maximum Gasteiger partial charge on any atom is 0.488 e. The summed E-state index contributed by atoms with van der Waals surface area (Å²) in [6.45, 7) is 3.51. The molecule has 14 nitrogen and oxygen atoms in total. The summed E-state index contributed by atoms with van der Waals surface area (Å²) < 4.78 is 75.6. The van der Waals surface area contributed by atoms with Gasteiger partial charge in [-0.2, -0.15) is 8.70 Å². The molecule has 7 N–H and O–H groups in total. The van der Waals surface area contributed by atoms with E-state index in [0.29, 0.717) is 0 Å². The Kier molecular flexibility index (Phi) is 7.95. The Morgan fingerprint density at radius 2 is 1.97 bits per heavy atom. The van der Waals surface area contributed by atoms with Gasteiger partial charge in [0, 0.05) is 6.20 Å². The van der Waals surface area contributed by atoms with Crippen molar-refractivity contribution in [2.75, 3.05) is 5.88 Å². The van der Waals surface area contributed by atoms with Crippen molar-refractivity contribution in [3.05, 3.63) is 36.3 Å². The van der Waals surface area contributed by atoms with E-state index in [1.807, 2.05) is 0 Å². The van der Waals surface area contributed by atoms with Crippen molar-refractivity contribution in [2.45, 2.75) is 24.1 Å². The average Bonchev–Trinajstić information content (AvgIpc) is 2.84. The molecule has 2 aliphatic rings. The summed E-state index contributed by atoms with van der Waals surface area (Å²) in [5, 5.41) is 10.3. The summed E-state index contributed by atoms with van der Waals surface area (Å²) in [5.74, 6) is -1.02. The number of aliphatic hydroxyl groups is 1. The highest BCUT2D eigenvalue weighted by molar-refractivity contribution is 7.69. The second-order valence-electron chi connectivity index (χ2n) is 6.27. The van der Waals surface area contributed by atoms with Crippen LogP contribution in [-0.2, 0) is 27.1 Å². The minimum absolute atomic E-state index is 0.0130. The minimum atomic E-state index is -5.96. The molecule has 0 aliphatic carbocycles. The largest absolute Gasteiger partial charge is 0.488 e. The number of hydrogen-bond donors (Lipinski definition) is 6. The first-order chi connectivity index (χ1) is 14.4. The molecule has 6 atom stereocenters. The van der Waals surface area contributed by atoms with E-state index >= 15 is 0 Å². The van der Waals surface area contributed by atoms with Crippen LogP contribution in [0.2, 0.25) is 0 Å². The quantitative estimate of drug-likeness (QED) is 0.184. The summed E-state index contributed by atoms with van der Waals surface area (Å²) in [7, 11) is -17.6. The monoisotopic (exact) mass is 545 g/mol. The Morgan fingerprint density at radius 1 is 1.38 bits per heavy atom. The lowest BCUT2D eigenvalue weighted by molar-refractivity contribution is -0.0733. The Labute approximate surface area is 183 Å². The van der Waals surface area contributed by atoms with Crippen LogP contribution in [0.15, 0.2) is 41.3 Å². The summed E-state index contributed by atoms with van der Waals surface area (Å²) in [5.41, 5.74) is 0.680. The predicted molar refractivity (Wildman–Crippen MR) is 104 cm³/mol. The Bertz CT molecular complexity index is 1020. The summed E-state index contributed by atoms with van der Waals surface area (Å²) in [6.07, 6.45) is -3.83. The molecular formula is C12H17ClF2N3O11P3. The highest BCUT2D eigenvalue weighted by Gasteiger charge is 2.57. The molecule has 0 amide bonds. The van der Waals surface area contributed by atoms with Crippen LogP contribution in [0.25, 0.3) is 0 Å². The lowest BCUT2D eigenvalue weighted by Gasteiger charge is -2.31. The van der Waals surface area contributed by atoms with E-state index in [9.17, 15) is 32.5 Å². The number of ether oxygens (including phenoxy) is 1. The van der Waals surface area contributed by atoms with Crippen LogP contribution in [0.5, 0.6) is 0 Å². The molecule has 2 rings (SSSR count). The number of nitrogens with two attached hydrogens (primary N) is 1. The molecule has 1 fully saturated rings. The van der Waals surface area contributed by atoms with Crippen molar-refractivity contribution in [2.24, 2.45) is 10.7 Å². The number of alkyl halides is 2. The standard InChI is InChI=1S/C12H17ClF2N3O11P3/c1-6-17-8(16)2-3-18(6)11-9(15)10(19)12(5-13,27-11)4-7(14)30(20,21)28-32(25,26)29-31(22,23)24/h2-4,9-11,19H,1,5H2,(H2,16,17)(H,20,21)(H,25,26)(H2,22,23,24)/b7-4-/t9-,10+,11-,12+/m1/s1. The van der Waals surface area contributed by atoms with E-state index in [0.717, 1.165) is 4.90 Å². The summed E-state index contributed by atoms with van der Waals surface area (Å²) >= 11 is 5.69. The number of aliphatic imine (C=N–C) groups is 1. The van der Waals surface area contributed by atoms with Gasteiger partial charge in [-0.15, -0.1) is 11.6 Å². The third-order valence-corrected chi connectivity index (χ3v) is 8.39. The molecule has 0 spiro atoms. The first-order valence-electron chi connectivity index (χ1n) is 8.01. The zero-order valence-corrected chi connectivity index (χ0v) is 19.0. The Balaban J connectivity index is 2.34. The molecule has 2 unspecified atom stereocenters. The van der Waals surface area contributed by atoms with Crippen LogP contribution in [0.3, 0.4) is 0 Å². The van der Waals surface area contributed by atoms with Crippen molar-refractivity contribution in [1.29, 1.82) is 0 Å². The summed E-state index contributed by atoms with van der Waals surface area (Å²) in [6, 6.07) is 0. The number of hydrogen-bond acceptors (Lipinski definition) is 10. The molecule has 20 heteroatoms. The van der Waals surface area contributed by atoms with E-state index < -0.39 is 58.8 Å².